The van der Waals surface area contributed by atoms with Crippen molar-refractivity contribution in [2.24, 2.45) is 0 Å². The molecular weight excluding hydrogens is 335 g/mol. The molecule has 1 radical (unpaired) electrons. The first kappa shape index (κ1) is 16.1. The third kappa shape index (κ3) is 8.82. The summed E-state index contributed by atoms with van der Waals surface area (Å²) < 4.78 is 8.38. The molecule has 0 aliphatic carbocycles. The molecule has 0 saturated heterocycles. The molecule has 4 heavy (non-hydrogen) atoms. The van der Waals surface area contributed by atoms with Gasteiger partial charge in [0, 0.05) is 35.6 Å². The molecule has 0 rings (SSSR count). The van der Waals surface area contributed by atoms with E-state index in [1.807, 2.05) is 0 Å². The van der Waals surface area contributed by atoms with E-state index >= 15 is 0 Å². The zero-order valence-corrected chi connectivity index (χ0v) is 8.29. The second-order valence-electron chi connectivity index (χ2n) is 0. The summed E-state index contributed by atoms with van der Waals surface area (Å²) in [6.45, 7) is 0. The Morgan fingerprint density at radius 1 is 1.25 bits per heavy atom. The van der Waals surface area contributed by atoms with E-state index in [9.17, 15) is 0 Å². The molecule has 4 heteroatoms. The van der Waals surface area contributed by atoms with Gasteiger partial charge in [0.25, 0.3) is 0 Å². The van der Waals surface area contributed by atoms with E-state index < -0.39 is 0 Å². The first-order valence-corrected chi connectivity index (χ1v) is 1.50. The third-order valence-corrected chi connectivity index (χ3v) is 0. The summed E-state index contributed by atoms with van der Waals surface area (Å²) in [6.07, 6.45) is 0. The van der Waals surface area contributed by atoms with Crippen molar-refractivity contribution >= 4 is 25.8 Å². The maximum atomic E-state index is 8.38. The molecule has 1 nitrogen and oxygen atoms in total. The van der Waals surface area contributed by atoms with Gasteiger partial charge in [-0.25, -0.2) is 0 Å². The molecule has 0 atom stereocenters. The molecule has 0 aromatic carbocycles. The zero-order valence-electron chi connectivity index (χ0n) is 1.69. The maximum absolute atomic E-state index is 8.38. The fourth-order valence-corrected chi connectivity index (χ4v) is 0. The Labute approximate surface area is 81.6 Å². The Balaban J connectivity index is -0.00000000500. The number of hydrogen-bond acceptors (Lipinski definition) is 1. The fraction of sp³-hybridized carbons (Fsp3) is 0. The van der Waals surface area contributed by atoms with Crippen LogP contribution in [0.15, 0.2) is 0 Å². The van der Waals surface area contributed by atoms with Gasteiger partial charge in [0.15, 0.2) is 0 Å². The third-order valence-electron chi connectivity index (χ3n) is 0. The van der Waals surface area contributed by atoms with Crippen molar-refractivity contribution in [1.29, 1.82) is 0 Å². The summed E-state index contributed by atoms with van der Waals surface area (Å²) in [4.78, 5) is 0. The van der Waals surface area contributed by atoms with Gasteiger partial charge in [0.1, 0.15) is 0 Å². The van der Waals surface area contributed by atoms with Gasteiger partial charge in [-0.15, -0.1) is 0 Å². The predicted molar refractivity (Wildman–Crippen MR) is 10.6 cm³/mol. The van der Waals surface area contributed by atoms with Crippen LogP contribution >= 0.6 is 0 Å². The Kier molecular flexibility index (Phi) is 71.7. The summed E-state index contributed by atoms with van der Waals surface area (Å²) in [7, 11) is 0. The molecule has 0 spiro atoms. The average molecular weight is 338 g/mol. The van der Waals surface area contributed by atoms with E-state index in [4.69, 9.17) is 3.57 Å². The molecule has 0 aromatic rings. The van der Waals surface area contributed by atoms with Crippen LogP contribution in [0.3, 0.4) is 0 Å². The molecule has 0 N–H and O–H groups in total. The molecule has 17 valence electrons. The van der Waals surface area contributed by atoms with Crippen LogP contribution in [0.4, 0.5) is 0 Å². The molecule has 0 amide bonds. The predicted octanol–water partition coefficient (Wildman–Crippen LogP) is -1.31. The van der Waals surface area contributed by atoms with E-state index in [1.165, 1.54) is 0 Å². The second kappa shape index (κ2) is 17.9. The standard InChI is InChI=1S/In.La.O.Zn.3H. The molecular formula is H3InLaOZn. The molecule has 0 aromatic heterocycles. The summed E-state index contributed by atoms with van der Waals surface area (Å²) in [6, 6.07) is 0. The van der Waals surface area contributed by atoms with E-state index in [1.54, 1.807) is 0 Å². The van der Waals surface area contributed by atoms with E-state index in [0.717, 1.165) is 0 Å². The minimum absolute atomic E-state index is 0. The molecule has 0 saturated carbocycles. The van der Waals surface area contributed by atoms with Crippen LogP contribution in [0, 0.1) is 35.6 Å². The molecule has 0 aliphatic rings. The van der Waals surface area contributed by atoms with Gasteiger partial charge in [-0.1, -0.05) is 0 Å². The SMILES string of the molecule is [InH3].[La].[O]=[Zn]. The Morgan fingerprint density at radius 2 is 1.25 bits per heavy atom. The summed E-state index contributed by atoms with van der Waals surface area (Å²) in [5.74, 6) is 0. The van der Waals surface area contributed by atoms with Crippen LogP contribution in [0.25, 0.3) is 0 Å². The monoisotopic (exact) mass is 337 g/mol. The van der Waals surface area contributed by atoms with Crippen LogP contribution in [-0.4, -0.2) is 25.8 Å². The summed E-state index contributed by atoms with van der Waals surface area (Å²) >= 11 is 0.125. The minimum atomic E-state index is 0. The Hall–Kier alpha value is 2.49. The van der Waals surface area contributed by atoms with Crippen LogP contribution in [0.2, 0.25) is 0 Å². The number of hydrogen-bond donors (Lipinski definition) is 0. The van der Waals surface area contributed by atoms with Gasteiger partial charge in [-0.3, -0.25) is 0 Å². The van der Waals surface area contributed by atoms with Crippen molar-refractivity contribution in [3.05, 3.63) is 0 Å². The number of rotatable bonds is 0. The molecule has 0 bridgehead atoms. The molecule has 0 heterocycles. The van der Waals surface area contributed by atoms with E-state index in [0.29, 0.717) is 0 Å². The molecule has 0 aliphatic heterocycles. The van der Waals surface area contributed by atoms with Crippen molar-refractivity contribution in [1.82, 2.24) is 0 Å². The van der Waals surface area contributed by atoms with Crippen molar-refractivity contribution in [3.8, 4) is 0 Å². The molecule has 0 fully saturated rings. The van der Waals surface area contributed by atoms with E-state index in [-0.39, 0.29) is 79.7 Å². The van der Waals surface area contributed by atoms with Gasteiger partial charge in [0.2, 0.25) is 0 Å². The van der Waals surface area contributed by atoms with Crippen LogP contribution < -0.4 is 0 Å². The zero-order chi connectivity index (χ0) is 2.00. The van der Waals surface area contributed by atoms with Gasteiger partial charge in [-0.2, -0.15) is 0 Å². The van der Waals surface area contributed by atoms with Crippen molar-refractivity contribution in [2.45, 2.75) is 0 Å². The molecule has 0 unspecified atom stereocenters. The summed E-state index contributed by atoms with van der Waals surface area (Å²) in [5.41, 5.74) is 0. The average Bonchev–Trinajstić information content (AvgIpc) is 1.00. The topological polar surface area (TPSA) is 17.1 Å². The van der Waals surface area contributed by atoms with Gasteiger partial charge >= 0.3 is 47.7 Å². The summed E-state index contributed by atoms with van der Waals surface area (Å²) in [5, 5.41) is 0. The van der Waals surface area contributed by atoms with E-state index in [2.05, 4.69) is 0 Å². The van der Waals surface area contributed by atoms with Crippen molar-refractivity contribution < 1.29 is 57.4 Å². The Morgan fingerprint density at radius 3 is 1.25 bits per heavy atom. The van der Waals surface area contributed by atoms with Crippen LogP contribution in [0.5, 0.6) is 0 Å². The van der Waals surface area contributed by atoms with Crippen LogP contribution in [-0.2, 0) is 21.8 Å². The quantitative estimate of drug-likeness (QED) is 0.502. The first-order valence-electron chi connectivity index (χ1n) is 0.289. The van der Waals surface area contributed by atoms with Crippen molar-refractivity contribution in [2.75, 3.05) is 0 Å². The Bertz CT molecular complexity index is 8.00. The van der Waals surface area contributed by atoms with Crippen LogP contribution in [0.1, 0.15) is 0 Å². The van der Waals surface area contributed by atoms with Crippen molar-refractivity contribution in [3.63, 3.8) is 0 Å². The van der Waals surface area contributed by atoms with Gasteiger partial charge in [0.05, 0.1) is 0 Å². The first-order chi connectivity index (χ1) is 1.00. The van der Waals surface area contributed by atoms with Gasteiger partial charge in [-0.05, 0) is 0 Å². The fourth-order valence-electron chi connectivity index (χ4n) is 0. The normalized spacial score (nSPS) is 1.50. The van der Waals surface area contributed by atoms with Gasteiger partial charge < -0.3 is 0 Å². The second-order valence-corrected chi connectivity index (χ2v) is 0.